The van der Waals surface area contributed by atoms with Crippen LogP contribution in [0.5, 0.6) is 0 Å². The maximum atomic E-state index is 11.7. The molecule has 0 spiro atoms. The third-order valence-electron chi connectivity index (χ3n) is 14.8. The zero-order chi connectivity index (χ0) is 75.9. The van der Waals surface area contributed by atoms with E-state index in [1.807, 2.05) is 106 Å². The van der Waals surface area contributed by atoms with E-state index in [0.717, 1.165) is 16.8 Å². The minimum atomic E-state index is -0.630. The summed E-state index contributed by atoms with van der Waals surface area (Å²) in [6.45, 7) is 42.1. The molecule has 0 amide bonds. The normalized spacial score (nSPS) is 12.2. The van der Waals surface area contributed by atoms with E-state index in [1.165, 1.54) is 17.2 Å². The lowest BCUT2D eigenvalue weighted by atomic mass is 10.1. The number of anilines is 3. The van der Waals surface area contributed by atoms with Gasteiger partial charge in [0.25, 0.3) is 22.2 Å². The number of fused-ring (bicyclic) bond motifs is 7. The number of H-pyrrole nitrogens is 8. The number of nitrogen functional groups attached to an aromatic ring is 3. The number of rotatable bonds is 0. The van der Waals surface area contributed by atoms with Gasteiger partial charge in [-0.1, -0.05) is 0 Å². The standard InChI is InChI=1S/2C9H13N5O.C9H13N5.C9H12N4O3.C9H12N4O2.C9H12N4O.C9H12N4/c1-9(2,3)14-4-11-5-6(14)12-8(10)13-7(5)15;1-9(2,3)14-4-11-5-6(10)12-8(15)13-7(5)14;1-9(2,3)14-5-13-6-7(10)11-4-12-8(6)14;1-9(2,3)13-5-4(10-8(13)16)6(14)12-7(15)11-5;1-9(2,3)13-4-10-5-6(13)11-8(15)12-7(5)14;1-9(2,3)13-5-12-6-7(13)10-4-11-8(6)14;1-9(2,3)13-6-12-7-4-10-5-11-8(7)13/h2*4H,1-3H3,(H3,10,12,13,15);4-5H,1-3H3,(H2,10,11,12);1-3H3,(H,10,16)(H2,11,12,14,15);4H,1-3H3,(H2,11,12,14,15);4-5H,1-3H3,(H,10,11,14);4-6H,1-3H3. The predicted molar refractivity (Wildman–Crippen MR) is 388 cm³/mol. The Morgan fingerprint density at radius 2 is 0.784 bits per heavy atom. The van der Waals surface area contributed by atoms with E-state index in [1.54, 1.807) is 75.8 Å². The van der Waals surface area contributed by atoms with Crippen LogP contribution >= 0.6 is 0 Å². The number of aromatic amines is 8. The van der Waals surface area contributed by atoms with E-state index in [9.17, 15) is 38.4 Å². The molecule has 0 aliphatic rings. The fourth-order valence-electron chi connectivity index (χ4n) is 9.89. The lowest BCUT2D eigenvalue weighted by Crippen LogP contribution is -2.33. The molecule has 0 fully saturated rings. The van der Waals surface area contributed by atoms with Crippen LogP contribution in [0.1, 0.15) is 145 Å². The van der Waals surface area contributed by atoms with Crippen molar-refractivity contribution in [2.45, 2.75) is 184 Å². The first-order chi connectivity index (χ1) is 47.1. The third kappa shape index (κ3) is 16.7. The summed E-state index contributed by atoms with van der Waals surface area (Å²) < 4.78 is 12.7. The summed E-state index contributed by atoms with van der Waals surface area (Å²) in [6.07, 6.45) is 16.1. The number of nitrogens with zero attached hydrogens (tertiary/aromatic N) is 20. The van der Waals surface area contributed by atoms with Crippen molar-refractivity contribution in [3.8, 4) is 0 Å². The Hall–Kier alpha value is -12.4. The highest BCUT2D eigenvalue weighted by molar-refractivity contribution is 5.82. The summed E-state index contributed by atoms with van der Waals surface area (Å²) in [5.74, 6) is 0.796. The van der Waals surface area contributed by atoms with Crippen molar-refractivity contribution in [3.63, 3.8) is 0 Å². The third-order valence-corrected chi connectivity index (χ3v) is 14.8. The van der Waals surface area contributed by atoms with Crippen LogP contribution in [0.2, 0.25) is 0 Å². The Morgan fingerprint density at radius 1 is 0.353 bits per heavy atom. The van der Waals surface area contributed by atoms with Gasteiger partial charge >= 0.3 is 22.8 Å². The fourth-order valence-corrected chi connectivity index (χ4v) is 9.89. The minimum absolute atomic E-state index is 0.0170. The maximum absolute atomic E-state index is 11.7. The van der Waals surface area contributed by atoms with Crippen LogP contribution in [0.4, 0.5) is 17.6 Å². The van der Waals surface area contributed by atoms with E-state index in [0.29, 0.717) is 50.5 Å². The van der Waals surface area contributed by atoms with Crippen molar-refractivity contribution in [3.05, 3.63) is 146 Å². The highest BCUT2D eigenvalue weighted by Gasteiger charge is 2.25. The summed E-state index contributed by atoms with van der Waals surface area (Å²) in [7, 11) is 0. The zero-order valence-electron chi connectivity index (χ0n) is 60.7. The molecule has 0 bridgehead atoms. The van der Waals surface area contributed by atoms with Gasteiger partial charge in [-0.15, -0.1) is 0 Å². The Balaban J connectivity index is 0.000000151. The van der Waals surface area contributed by atoms with Crippen LogP contribution in [-0.2, 0) is 38.8 Å². The van der Waals surface area contributed by atoms with Crippen LogP contribution in [-0.4, -0.2) is 137 Å². The van der Waals surface area contributed by atoms with Crippen molar-refractivity contribution in [2.75, 3.05) is 17.2 Å². The first kappa shape index (κ1) is 75.4. The molecule has 0 unspecified atom stereocenters. The van der Waals surface area contributed by atoms with Gasteiger partial charge < -0.3 is 49.6 Å². The van der Waals surface area contributed by atoms with E-state index in [2.05, 4.69) is 146 Å². The van der Waals surface area contributed by atoms with Crippen molar-refractivity contribution in [1.29, 1.82) is 0 Å². The topological polar surface area (TPSA) is 543 Å². The van der Waals surface area contributed by atoms with Gasteiger partial charge in [0.15, 0.2) is 56.1 Å². The van der Waals surface area contributed by atoms with Gasteiger partial charge in [0, 0.05) is 38.8 Å². The van der Waals surface area contributed by atoms with Crippen LogP contribution in [0.25, 0.3) is 78.1 Å². The lowest BCUT2D eigenvalue weighted by Gasteiger charge is -2.20. The smallest absolute Gasteiger partial charge is 0.348 e. The second-order valence-electron chi connectivity index (χ2n) is 30.2. The summed E-state index contributed by atoms with van der Waals surface area (Å²) in [5, 5.41) is 0. The molecule has 542 valence electrons. The Labute approximate surface area is 578 Å². The number of imidazole rings is 7. The number of aromatic nitrogens is 28. The van der Waals surface area contributed by atoms with Gasteiger partial charge in [0.1, 0.15) is 46.3 Å². The SMILES string of the molecule is CC(C)(C)n1c(=O)[nH]c2c(=O)[nH]c(=O)[nH]c21.CC(C)(C)n1cnc2c(=O)[nH]c(=O)[nH]c21.CC(C)(C)n1cnc2c(=O)[nH]c(N)nc21.CC(C)(C)n1cnc2c(=O)[nH]cnc21.CC(C)(C)n1cnc2c(N)[nH]c(=O)nc21.CC(C)(C)n1cnc2c(N)ncnc21.CC(C)(C)n1cnc2cncnc21. The number of nitrogens with one attached hydrogen (secondary N) is 8. The summed E-state index contributed by atoms with van der Waals surface area (Å²) in [4.78, 5) is 163. The van der Waals surface area contributed by atoms with Crippen molar-refractivity contribution in [2.24, 2.45) is 0 Å². The molecule has 39 nitrogen and oxygen atoms in total. The second-order valence-corrected chi connectivity index (χ2v) is 30.2. The van der Waals surface area contributed by atoms with Gasteiger partial charge in [-0.25, -0.2) is 74.0 Å². The fraction of sp³-hybridized carbons (Fsp3) is 0.444. The molecular weight excluding hydrogens is 1320 g/mol. The molecule has 102 heavy (non-hydrogen) atoms. The predicted octanol–water partition coefficient (Wildman–Crippen LogP) is 4.16. The zero-order valence-corrected chi connectivity index (χ0v) is 60.7. The molecule has 0 saturated carbocycles. The van der Waals surface area contributed by atoms with E-state index in [4.69, 9.17) is 17.2 Å². The summed E-state index contributed by atoms with van der Waals surface area (Å²) >= 11 is 0. The molecule has 14 N–H and O–H groups in total. The molecule has 0 aliphatic carbocycles. The lowest BCUT2D eigenvalue weighted by molar-refractivity contribution is 0.394. The second kappa shape index (κ2) is 27.8. The summed E-state index contributed by atoms with van der Waals surface area (Å²) in [5.41, 5.74) is 19.1. The Bertz CT molecular complexity index is 5840. The number of hydrogen-bond donors (Lipinski definition) is 11. The number of nitrogens with two attached hydrogens (primary N) is 3. The summed E-state index contributed by atoms with van der Waals surface area (Å²) in [6, 6.07) is 0. The average Bonchev–Trinajstić information content (AvgIpc) is 1.62. The van der Waals surface area contributed by atoms with Crippen LogP contribution in [0.3, 0.4) is 0 Å². The molecule has 14 aromatic rings. The minimum Gasteiger partial charge on any atom is -0.383 e. The average molecular weight is 1410 g/mol. The van der Waals surface area contributed by atoms with Gasteiger partial charge in [-0.2, -0.15) is 9.97 Å². The van der Waals surface area contributed by atoms with Crippen molar-refractivity contribution < 1.29 is 0 Å². The molecule has 0 aromatic carbocycles. The van der Waals surface area contributed by atoms with Gasteiger partial charge in [-0.05, 0) is 145 Å². The molecule has 14 aromatic heterocycles. The highest BCUT2D eigenvalue weighted by atomic mass is 16.2. The van der Waals surface area contributed by atoms with Gasteiger partial charge in [-0.3, -0.25) is 58.6 Å². The van der Waals surface area contributed by atoms with Crippen molar-refractivity contribution >= 4 is 95.7 Å². The molecule has 39 heteroatoms. The van der Waals surface area contributed by atoms with E-state index in [-0.39, 0.29) is 72.8 Å². The molecular formula is C63H87N31O8. The molecule has 14 heterocycles. The van der Waals surface area contributed by atoms with Gasteiger partial charge in [0.2, 0.25) is 5.95 Å². The molecule has 0 atom stereocenters. The molecule has 14 rings (SSSR count). The van der Waals surface area contributed by atoms with E-state index >= 15 is 0 Å². The largest absolute Gasteiger partial charge is 0.383 e. The van der Waals surface area contributed by atoms with Crippen LogP contribution in [0.15, 0.2) is 101 Å². The first-order valence-electron chi connectivity index (χ1n) is 31.7. The van der Waals surface area contributed by atoms with Crippen LogP contribution < -0.4 is 62.2 Å². The van der Waals surface area contributed by atoms with E-state index < -0.39 is 39.4 Å². The van der Waals surface area contributed by atoms with Gasteiger partial charge in [0.05, 0.1) is 50.5 Å². The molecule has 0 radical (unpaired) electrons. The van der Waals surface area contributed by atoms with Crippen molar-refractivity contribution in [1.82, 2.24) is 137 Å². The highest BCUT2D eigenvalue weighted by Crippen LogP contribution is 2.25. The molecule has 0 saturated heterocycles. The Kier molecular flexibility index (Phi) is 20.5. The number of hydrogen-bond acceptors (Lipinski definition) is 24. The quantitative estimate of drug-likeness (QED) is 0.101. The Morgan fingerprint density at radius 3 is 1.33 bits per heavy atom. The first-order valence-corrected chi connectivity index (χ1v) is 31.7. The monoisotopic (exact) mass is 1410 g/mol. The van der Waals surface area contributed by atoms with Crippen LogP contribution in [0, 0.1) is 0 Å². The molecule has 0 aliphatic heterocycles. The maximum Gasteiger partial charge on any atom is 0.348 e.